The van der Waals surface area contributed by atoms with E-state index < -0.39 is 0 Å². The van der Waals surface area contributed by atoms with Gasteiger partial charge < -0.3 is 21.2 Å². The molecule has 0 radical (unpaired) electrons. The van der Waals surface area contributed by atoms with Gasteiger partial charge in [-0.15, -0.1) is 0 Å². The van der Waals surface area contributed by atoms with Crippen LogP contribution >= 0.6 is 0 Å². The average molecular weight is 403 g/mol. The molecule has 1 amide bonds. The van der Waals surface area contributed by atoms with Crippen molar-refractivity contribution in [3.63, 3.8) is 0 Å². The Kier molecular flexibility index (Phi) is 5.92. The van der Waals surface area contributed by atoms with Crippen LogP contribution in [0.2, 0.25) is 0 Å². The molecule has 30 heavy (non-hydrogen) atoms. The van der Waals surface area contributed by atoms with Gasteiger partial charge in [0.15, 0.2) is 5.82 Å². The van der Waals surface area contributed by atoms with Gasteiger partial charge in [0.25, 0.3) is 5.91 Å². The largest absolute Gasteiger partial charge is 0.396 e. The molecule has 2 aromatic carbocycles. The maximum Gasteiger partial charge on any atom is 0.255 e. The van der Waals surface area contributed by atoms with Gasteiger partial charge in [-0.1, -0.05) is 24.3 Å². The molecule has 7 heteroatoms. The number of rotatable bonds is 8. The van der Waals surface area contributed by atoms with Gasteiger partial charge in [0.2, 0.25) is 0 Å². The molecule has 1 aromatic heterocycles. The normalized spacial score (nSPS) is 13.1. The van der Waals surface area contributed by atoms with Crippen LogP contribution in [-0.2, 0) is 11.3 Å². The van der Waals surface area contributed by atoms with Crippen molar-refractivity contribution in [2.24, 2.45) is 11.8 Å². The van der Waals surface area contributed by atoms with Crippen LogP contribution in [0.3, 0.4) is 0 Å². The predicted octanol–water partition coefficient (Wildman–Crippen LogP) is 3.80. The fraction of sp³-hybridized carbons (Fsp3) is 0.217. The molecule has 154 valence electrons. The summed E-state index contributed by atoms with van der Waals surface area (Å²) in [5, 5.41) is 2.93. The van der Waals surface area contributed by atoms with E-state index in [9.17, 15) is 4.79 Å². The van der Waals surface area contributed by atoms with Crippen molar-refractivity contribution in [2.45, 2.75) is 19.4 Å². The minimum absolute atomic E-state index is 0.192. The minimum Gasteiger partial charge on any atom is -0.396 e. The fourth-order valence-corrected chi connectivity index (χ4v) is 3.08. The van der Waals surface area contributed by atoms with Crippen molar-refractivity contribution >= 4 is 23.1 Å². The lowest BCUT2D eigenvalue weighted by Gasteiger charge is -2.10. The van der Waals surface area contributed by atoms with Gasteiger partial charge in [-0.05, 0) is 60.7 Å². The summed E-state index contributed by atoms with van der Waals surface area (Å²) < 4.78 is 5.70. The van der Waals surface area contributed by atoms with Gasteiger partial charge in [-0.25, -0.2) is 10.8 Å². The standard InChI is InChI=1S/C23H25N5O2/c24-20-10-11-21(27-22(20)28-25)17-2-1-3-18(12-17)23(29)26-19-8-6-16(7-9-19)14-30-13-15-4-5-15/h1-3,6-12,15H,4-5,13-14,24-25H2,(H,26,29)(H,27,28). The first-order valence-electron chi connectivity index (χ1n) is 9.94. The molecule has 0 atom stereocenters. The van der Waals surface area contributed by atoms with Crippen LogP contribution in [0.5, 0.6) is 0 Å². The van der Waals surface area contributed by atoms with Crippen molar-refractivity contribution in [3.05, 3.63) is 71.8 Å². The van der Waals surface area contributed by atoms with E-state index in [2.05, 4.69) is 15.7 Å². The number of benzene rings is 2. The van der Waals surface area contributed by atoms with E-state index in [1.807, 2.05) is 36.4 Å². The molecule has 6 N–H and O–H groups in total. The molecule has 1 heterocycles. The first-order chi connectivity index (χ1) is 14.6. The molecule has 4 rings (SSSR count). The van der Waals surface area contributed by atoms with Gasteiger partial charge in [-0.3, -0.25) is 4.79 Å². The molecular weight excluding hydrogens is 378 g/mol. The number of carbonyl (C=O) groups excluding carboxylic acids is 1. The number of nitrogens with two attached hydrogens (primary N) is 2. The second-order valence-electron chi connectivity index (χ2n) is 7.47. The molecule has 1 fully saturated rings. The molecule has 0 bridgehead atoms. The molecule has 0 aliphatic heterocycles. The number of ether oxygens (including phenoxy) is 1. The van der Waals surface area contributed by atoms with Crippen LogP contribution in [-0.4, -0.2) is 17.5 Å². The van der Waals surface area contributed by atoms with E-state index in [-0.39, 0.29) is 5.91 Å². The zero-order chi connectivity index (χ0) is 20.9. The summed E-state index contributed by atoms with van der Waals surface area (Å²) in [6.45, 7) is 1.43. The monoisotopic (exact) mass is 403 g/mol. The number of pyridine rings is 1. The maximum atomic E-state index is 12.7. The summed E-state index contributed by atoms with van der Waals surface area (Å²) in [5.41, 5.74) is 12.6. The molecule has 0 spiro atoms. The number of hydrogen-bond donors (Lipinski definition) is 4. The number of aromatic nitrogens is 1. The van der Waals surface area contributed by atoms with E-state index in [0.29, 0.717) is 29.4 Å². The third-order valence-electron chi connectivity index (χ3n) is 5.01. The summed E-state index contributed by atoms with van der Waals surface area (Å²) in [4.78, 5) is 17.1. The quantitative estimate of drug-likeness (QED) is 0.336. The zero-order valence-electron chi connectivity index (χ0n) is 16.6. The van der Waals surface area contributed by atoms with Gasteiger partial charge in [0, 0.05) is 23.4 Å². The van der Waals surface area contributed by atoms with Crippen molar-refractivity contribution in [1.82, 2.24) is 4.98 Å². The van der Waals surface area contributed by atoms with Crippen LogP contribution in [0.25, 0.3) is 11.3 Å². The average Bonchev–Trinajstić information content (AvgIpc) is 3.60. The van der Waals surface area contributed by atoms with Crippen molar-refractivity contribution < 1.29 is 9.53 Å². The maximum absolute atomic E-state index is 12.7. The van der Waals surface area contributed by atoms with Crippen LogP contribution in [0.1, 0.15) is 28.8 Å². The van der Waals surface area contributed by atoms with Crippen LogP contribution in [0.15, 0.2) is 60.7 Å². The van der Waals surface area contributed by atoms with Crippen LogP contribution in [0, 0.1) is 5.92 Å². The Bertz CT molecular complexity index is 1030. The first-order valence-corrected chi connectivity index (χ1v) is 9.94. The third kappa shape index (κ3) is 4.94. The summed E-state index contributed by atoms with van der Waals surface area (Å²) in [6, 6.07) is 18.5. The van der Waals surface area contributed by atoms with Gasteiger partial charge >= 0.3 is 0 Å². The van der Waals surface area contributed by atoms with Gasteiger partial charge in [0.05, 0.1) is 18.0 Å². The third-order valence-corrected chi connectivity index (χ3v) is 5.01. The second-order valence-corrected chi connectivity index (χ2v) is 7.47. The molecule has 0 saturated heterocycles. The molecular formula is C23H25N5O2. The van der Waals surface area contributed by atoms with E-state index in [1.54, 1.807) is 24.3 Å². The SMILES string of the molecule is NNc1nc(-c2cccc(C(=O)Nc3ccc(COCC4CC4)cc3)c2)ccc1N. The highest BCUT2D eigenvalue weighted by molar-refractivity contribution is 6.04. The number of hydrogen-bond acceptors (Lipinski definition) is 6. The lowest BCUT2D eigenvalue weighted by atomic mass is 10.1. The Morgan fingerprint density at radius 3 is 2.63 bits per heavy atom. The smallest absolute Gasteiger partial charge is 0.255 e. The van der Waals surface area contributed by atoms with Gasteiger partial charge in [0.1, 0.15) is 0 Å². The second kappa shape index (κ2) is 8.94. The lowest BCUT2D eigenvalue weighted by molar-refractivity contribution is 0.102. The van der Waals surface area contributed by atoms with E-state index in [1.165, 1.54) is 12.8 Å². The van der Waals surface area contributed by atoms with E-state index in [4.69, 9.17) is 16.3 Å². The summed E-state index contributed by atoms with van der Waals surface area (Å²) in [5.74, 6) is 6.40. The Morgan fingerprint density at radius 1 is 1.10 bits per heavy atom. The molecule has 1 saturated carbocycles. The van der Waals surface area contributed by atoms with Gasteiger partial charge in [-0.2, -0.15) is 0 Å². The number of nitrogen functional groups attached to an aromatic ring is 2. The number of amides is 1. The van der Waals surface area contributed by atoms with Crippen molar-refractivity contribution in [3.8, 4) is 11.3 Å². The van der Waals surface area contributed by atoms with Crippen molar-refractivity contribution in [2.75, 3.05) is 23.1 Å². The van der Waals surface area contributed by atoms with Crippen LogP contribution in [0.4, 0.5) is 17.2 Å². The summed E-state index contributed by atoms with van der Waals surface area (Å²) >= 11 is 0. The minimum atomic E-state index is -0.192. The molecule has 7 nitrogen and oxygen atoms in total. The Labute approximate surface area is 175 Å². The lowest BCUT2D eigenvalue weighted by Crippen LogP contribution is -2.12. The van der Waals surface area contributed by atoms with E-state index in [0.717, 1.165) is 29.3 Å². The molecule has 3 aromatic rings. The number of anilines is 3. The molecule has 1 aliphatic carbocycles. The fourth-order valence-electron chi connectivity index (χ4n) is 3.08. The highest BCUT2D eigenvalue weighted by Crippen LogP contribution is 2.29. The first kappa shape index (κ1) is 19.9. The number of hydrazine groups is 1. The highest BCUT2D eigenvalue weighted by atomic mass is 16.5. The molecule has 0 unspecified atom stereocenters. The predicted molar refractivity (Wildman–Crippen MR) is 119 cm³/mol. The Balaban J connectivity index is 1.41. The number of carbonyl (C=O) groups is 1. The Morgan fingerprint density at radius 2 is 1.90 bits per heavy atom. The summed E-state index contributed by atoms with van der Waals surface area (Å²) in [6.07, 6.45) is 2.57. The summed E-state index contributed by atoms with van der Waals surface area (Å²) in [7, 11) is 0. The van der Waals surface area contributed by atoms with E-state index >= 15 is 0 Å². The molecule has 1 aliphatic rings. The van der Waals surface area contributed by atoms with Crippen molar-refractivity contribution in [1.29, 1.82) is 0 Å². The Hall–Kier alpha value is -3.42. The number of nitrogens with zero attached hydrogens (tertiary/aromatic N) is 1. The zero-order valence-corrected chi connectivity index (χ0v) is 16.6. The number of nitrogens with one attached hydrogen (secondary N) is 2. The van der Waals surface area contributed by atoms with Crippen LogP contribution < -0.4 is 22.3 Å². The topological polar surface area (TPSA) is 115 Å². The highest BCUT2D eigenvalue weighted by Gasteiger charge is 2.21.